The van der Waals surface area contributed by atoms with Crippen LogP contribution in [-0.2, 0) is 4.79 Å². The van der Waals surface area contributed by atoms with Gasteiger partial charge in [-0.05, 0) is 40.5 Å². The van der Waals surface area contributed by atoms with E-state index >= 15 is 0 Å². The van der Waals surface area contributed by atoms with Crippen LogP contribution in [0.15, 0.2) is 60.7 Å². The third-order valence-electron chi connectivity index (χ3n) is 4.53. The second-order valence-corrected chi connectivity index (χ2v) is 6.33. The van der Waals surface area contributed by atoms with E-state index in [9.17, 15) is 4.79 Å². The first-order valence-corrected chi connectivity index (χ1v) is 8.73. The molecule has 1 aliphatic carbocycles. The van der Waals surface area contributed by atoms with Crippen LogP contribution in [0, 0.1) is 5.92 Å². The van der Waals surface area contributed by atoms with Crippen molar-refractivity contribution >= 4 is 11.9 Å². The van der Waals surface area contributed by atoms with Crippen molar-refractivity contribution in [1.29, 1.82) is 0 Å². The first-order chi connectivity index (χ1) is 12.8. The Balaban J connectivity index is 1.24. The quantitative estimate of drug-likeness (QED) is 0.638. The Hall–Kier alpha value is -3.22. The van der Waals surface area contributed by atoms with Crippen molar-refractivity contribution in [2.24, 2.45) is 5.92 Å². The van der Waals surface area contributed by atoms with Crippen molar-refractivity contribution in [1.82, 2.24) is 25.5 Å². The van der Waals surface area contributed by atoms with Crippen molar-refractivity contribution < 1.29 is 4.79 Å². The van der Waals surface area contributed by atoms with Gasteiger partial charge in [-0.3, -0.25) is 4.79 Å². The molecule has 2 atom stereocenters. The molecule has 2 N–H and O–H groups in total. The summed E-state index contributed by atoms with van der Waals surface area (Å²) in [7, 11) is 0. The minimum Gasteiger partial charge on any atom is -0.354 e. The van der Waals surface area contributed by atoms with Crippen LogP contribution in [0.25, 0.3) is 5.69 Å². The molecule has 0 saturated heterocycles. The molecule has 0 radical (unpaired) electrons. The van der Waals surface area contributed by atoms with Crippen molar-refractivity contribution in [3.63, 3.8) is 0 Å². The summed E-state index contributed by atoms with van der Waals surface area (Å²) in [6.07, 6.45) is 0.926. The van der Waals surface area contributed by atoms with E-state index in [2.05, 4.69) is 38.3 Å². The van der Waals surface area contributed by atoms with Gasteiger partial charge < -0.3 is 10.6 Å². The number of carbonyl (C=O) groups excluding carboxylic acids is 1. The number of hydrogen-bond acceptors (Lipinski definition) is 5. The Kier molecular flexibility index (Phi) is 4.59. The van der Waals surface area contributed by atoms with Gasteiger partial charge in [0, 0.05) is 19.0 Å². The average Bonchev–Trinajstić information content (AvgIpc) is 3.37. The van der Waals surface area contributed by atoms with E-state index in [-0.39, 0.29) is 11.8 Å². The molecule has 2 aromatic carbocycles. The first-order valence-electron chi connectivity index (χ1n) is 8.73. The SMILES string of the molecule is O=C(NCCNc1nnnn1-c1ccccc1)[C@@H]1C[C@@H]1c1ccccc1. The Morgan fingerprint density at radius 1 is 1.04 bits per heavy atom. The third kappa shape index (κ3) is 3.56. The zero-order chi connectivity index (χ0) is 17.8. The van der Waals surface area contributed by atoms with Crippen LogP contribution < -0.4 is 10.6 Å². The van der Waals surface area contributed by atoms with E-state index in [4.69, 9.17) is 0 Å². The molecule has 1 saturated carbocycles. The molecule has 1 fully saturated rings. The topological polar surface area (TPSA) is 84.7 Å². The van der Waals surface area contributed by atoms with Crippen LogP contribution in [-0.4, -0.2) is 39.2 Å². The van der Waals surface area contributed by atoms with Gasteiger partial charge in [-0.2, -0.15) is 4.68 Å². The molecule has 4 rings (SSSR count). The van der Waals surface area contributed by atoms with E-state index < -0.39 is 0 Å². The van der Waals surface area contributed by atoms with E-state index in [1.54, 1.807) is 4.68 Å². The molecule has 1 heterocycles. The largest absolute Gasteiger partial charge is 0.354 e. The predicted molar refractivity (Wildman–Crippen MR) is 97.9 cm³/mol. The van der Waals surface area contributed by atoms with E-state index in [1.165, 1.54) is 5.56 Å². The number of hydrogen-bond donors (Lipinski definition) is 2. The number of nitrogens with zero attached hydrogens (tertiary/aromatic N) is 4. The highest BCUT2D eigenvalue weighted by Gasteiger charge is 2.43. The van der Waals surface area contributed by atoms with Crippen LogP contribution >= 0.6 is 0 Å². The molecule has 7 heteroatoms. The minimum atomic E-state index is 0.0899. The van der Waals surface area contributed by atoms with Crippen LogP contribution in [0.4, 0.5) is 5.95 Å². The summed E-state index contributed by atoms with van der Waals surface area (Å²) < 4.78 is 1.63. The Morgan fingerprint density at radius 2 is 1.77 bits per heavy atom. The van der Waals surface area contributed by atoms with Gasteiger partial charge in [0.1, 0.15) is 0 Å². The second kappa shape index (κ2) is 7.35. The lowest BCUT2D eigenvalue weighted by Gasteiger charge is -2.08. The second-order valence-electron chi connectivity index (χ2n) is 6.33. The molecule has 0 bridgehead atoms. The van der Waals surface area contributed by atoms with Crippen molar-refractivity contribution in [2.75, 3.05) is 18.4 Å². The monoisotopic (exact) mass is 348 g/mol. The maximum Gasteiger partial charge on any atom is 0.247 e. The zero-order valence-electron chi connectivity index (χ0n) is 14.2. The molecule has 132 valence electrons. The molecule has 0 spiro atoms. The van der Waals surface area contributed by atoms with Gasteiger partial charge in [0.05, 0.1) is 5.69 Å². The maximum atomic E-state index is 12.3. The number of carbonyl (C=O) groups is 1. The van der Waals surface area contributed by atoms with Gasteiger partial charge >= 0.3 is 0 Å². The standard InChI is InChI=1S/C19H20N6O/c26-18(17-13-16(17)14-7-3-1-4-8-14)20-11-12-21-19-22-23-24-25(19)15-9-5-2-6-10-15/h1-10,16-17H,11-13H2,(H,20,26)(H,21,22,24)/t16-,17-/m1/s1. The van der Waals surface area contributed by atoms with E-state index in [1.807, 2.05) is 48.5 Å². The first kappa shape index (κ1) is 16.3. The fourth-order valence-corrected chi connectivity index (χ4v) is 3.08. The van der Waals surface area contributed by atoms with Crippen molar-refractivity contribution in [2.45, 2.75) is 12.3 Å². The number of rotatable bonds is 7. The molecule has 7 nitrogen and oxygen atoms in total. The molecular weight excluding hydrogens is 328 g/mol. The summed E-state index contributed by atoms with van der Waals surface area (Å²) in [6, 6.07) is 19.9. The lowest BCUT2D eigenvalue weighted by atomic mass is 10.1. The Morgan fingerprint density at radius 3 is 2.54 bits per heavy atom. The Labute approximate surface area is 151 Å². The molecule has 1 aliphatic rings. The lowest BCUT2D eigenvalue weighted by molar-refractivity contribution is -0.122. The number of para-hydroxylation sites is 1. The average molecular weight is 348 g/mol. The van der Waals surface area contributed by atoms with Gasteiger partial charge in [0.15, 0.2) is 0 Å². The van der Waals surface area contributed by atoms with Gasteiger partial charge in [-0.25, -0.2) is 0 Å². The summed E-state index contributed by atoms with van der Waals surface area (Å²) in [4.78, 5) is 12.3. The molecule has 1 amide bonds. The molecule has 26 heavy (non-hydrogen) atoms. The predicted octanol–water partition coefficient (Wildman–Crippen LogP) is 1.99. The fourth-order valence-electron chi connectivity index (χ4n) is 3.08. The maximum absolute atomic E-state index is 12.3. The van der Waals surface area contributed by atoms with Gasteiger partial charge in [0.2, 0.25) is 11.9 Å². The third-order valence-corrected chi connectivity index (χ3v) is 4.53. The van der Waals surface area contributed by atoms with E-state index in [0.717, 1.165) is 12.1 Å². The Bertz CT molecular complexity index is 864. The summed E-state index contributed by atoms with van der Waals surface area (Å²) in [5.41, 5.74) is 2.13. The number of benzene rings is 2. The summed E-state index contributed by atoms with van der Waals surface area (Å²) in [5.74, 6) is 1.11. The highest BCUT2D eigenvalue weighted by atomic mass is 16.2. The van der Waals surface area contributed by atoms with E-state index in [0.29, 0.717) is 25.0 Å². The molecule has 3 aromatic rings. The molecular formula is C19H20N6O. The lowest BCUT2D eigenvalue weighted by Crippen LogP contribution is -2.30. The minimum absolute atomic E-state index is 0.0899. The fraction of sp³-hybridized carbons (Fsp3) is 0.263. The van der Waals surface area contributed by atoms with Crippen LogP contribution in [0.3, 0.4) is 0 Å². The van der Waals surface area contributed by atoms with Crippen molar-refractivity contribution in [3.8, 4) is 5.69 Å². The van der Waals surface area contributed by atoms with Gasteiger partial charge in [-0.1, -0.05) is 53.6 Å². The zero-order valence-corrected chi connectivity index (χ0v) is 14.2. The summed E-state index contributed by atoms with van der Waals surface area (Å²) in [5, 5.41) is 17.8. The highest BCUT2D eigenvalue weighted by Crippen LogP contribution is 2.47. The van der Waals surface area contributed by atoms with Crippen LogP contribution in [0.1, 0.15) is 17.9 Å². The van der Waals surface area contributed by atoms with Crippen LogP contribution in [0.5, 0.6) is 0 Å². The van der Waals surface area contributed by atoms with Crippen molar-refractivity contribution in [3.05, 3.63) is 66.2 Å². The number of anilines is 1. The van der Waals surface area contributed by atoms with Gasteiger partial charge in [0.25, 0.3) is 0 Å². The number of nitrogens with one attached hydrogen (secondary N) is 2. The number of amides is 1. The van der Waals surface area contributed by atoms with Gasteiger partial charge in [-0.15, -0.1) is 0 Å². The smallest absolute Gasteiger partial charge is 0.247 e. The summed E-state index contributed by atoms with van der Waals surface area (Å²) >= 11 is 0. The van der Waals surface area contributed by atoms with Crippen LogP contribution in [0.2, 0.25) is 0 Å². The number of tetrazole rings is 1. The summed E-state index contributed by atoms with van der Waals surface area (Å²) in [6.45, 7) is 1.08. The number of aromatic nitrogens is 4. The molecule has 0 unspecified atom stereocenters. The normalized spacial score (nSPS) is 18.3. The highest BCUT2D eigenvalue weighted by molar-refractivity contribution is 5.82. The molecule has 1 aromatic heterocycles. The molecule has 0 aliphatic heterocycles.